The Kier molecular flexibility index (Phi) is 4.83. The Morgan fingerprint density at radius 1 is 1.25 bits per heavy atom. The minimum Gasteiger partial charge on any atom is -0.493 e. The van der Waals surface area contributed by atoms with Gasteiger partial charge in [-0.25, -0.2) is 0 Å². The predicted octanol–water partition coefficient (Wildman–Crippen LogP) is 2.72. The van der Waals surface area contributed by atoms with Crippen molar-refractivity contribution in [3.05, 3.63) is 29.8 Å². The highest BCUT2D eigenvalue weighted by Crippen LogP contribution is 2.11. The van der Waals surface area contributed by atoms with E-state index >= 15 is 0 Å². The summed E-state index contributed by atoms with van der Waals surface area (Å²) in [5.41, 5.74) is 1.19. The summed E-state index contributed by atoms with van der Waals surface area (Å²) >= 11 is 0. The summed E-state index contributed by atoms with van der Waals surface area (Å²) in [6.45, 7) is 6.04. The van der Waals surface area contributed by atoms with Crippen molar-refractivity contribution in [1.29, 1.82) is 0 Å². The zero-order valence-corrected chi connectivity index (χ0v) is 10.0. The number of rotatable bonds is 5. The van der Waals surface area contributed by atoms with E-state index in [9.17, 15) is 4.79 Å². The quantitative estimate of drug-likeness (QED) is 0.718. The van der Waals surface area contributed by atoms with E-state index < -0.39 is 0 Å². The monoisotopic (exact) mass is 222 g/mol. The second-order valence-electron chi connectivity index (χ2n) is 3.95. The maximum Gasteiger partial charge on any atom is 0.309 e. The van der Waals surface area contributed by atoms with Gasteiger partial charge in [0.2, 0.25) is 0 Å². The van der Waals surface area contributed by atoms with Crippen LogP contribution in [0.15, 0.2) is 24.3 Å². The topological polar surface area (TPSA) is 35.5 Å². The Hall–Kier alpha value is -1.51. The molecular formula is C13H18O3. The molecule has 0 amide bonds. The summed E-state index contributed by atoms with van der Waals surface area (Å²) in [7, 11) is 0. The largest absolute Gasteiger partial charge is 0.493 e. The zero-order valence-electron chi connectivity index (χ0n) is 10.0. The fraction of sp³-hybridized carbons (Fsp3) is 0.462. The van der Waals surface area contributed by atoms with Crippen LogP contribution in [0.3, 0.4) is 0 Å². The number of carbonyl (C=O) groups is 1. The van der Waals surface area contributed by atoms with Crippen molar-refractivity contribution in [2.75, 3.05) is 6.61 Å². The van der Waals surface area contributed by atoms with Gasteiger partial charge in [0.05, 0.1) is 19.1 Å². The molecule has 0 aliphatic heterocycles. The molecule has 0 fully saturated rings. The molecule has 0 N–H and O–H groups in total. The van der Waals surface area contributed by atoms with E-state index in [0.717, 1.165) is 5.75 Å². The van der Waals surface area contributed by atoms with Crippen LogP contribution >= 0.6 is 0 Å². The van der Waals surface area contributed by atoms with Crippen molar-refractivity contribution >= 4 is 5.97 Å². The number of esters is 1. The van der Waals surface area contributed by atoms with Gasteiger partial charge in [0.25, 0.3) is 0 Å². The third-order valence-corrected chi connectivity index (χ3v) is 1.96. The van der Waals surface area contributed by atoms with Gasteiger partial charge in [0.15, 0.2) is 0 Å². The molecule has 88 valence electrons. The van der Waals surface area contributed by atoms with Crippen LogP contribution in [-0.4, -0.2) is 18.7 Å². The molecule has 0 unspecified atom stereocenters. The molecule has 0 aromatic heterocycles. The highest BCUT2D eigenvalue weighted by molar-refractivity contribution is 5.69. The lowest BCUT2D eigenvalue weighted by molar-refractivity contribution is -0.147. The summed E-state index contributed by atoms with van der Waals surface area (Å²) in [5, 5.41) is 0. The number of aryl methyl sites for hydroxylation is 1. The van der Waals surface area contributed by atoms with Gasteiger partial charge in [-0.3, -0.25) is 4.79 Å². The van der Waals surface area contributed by atoms with Crippen LogP contribution in [0.1, 0.15) is 25.8 Å². The molecule has 0 spiro atoms. The van der Waals surface area contributed by atoms with Gasteiger partial charge in [-0.1, -0.05) is 17.7 Å². The number of benzene rings is 1. The van der Waals surface area contributed by atoms with Crippen molar-refractivity contribution in [2.45, 2.75) is 33.3 Å². The second kappa shape index (κ2) is 6.16. The summed E-state index contributed by atoms with van der Waals surface area (Å²) in [4.78, 5) is 11.2. The van der Waals surface area contributed by atoms with Gasteiger partial charge in [0, 0.05) is 0 Å². The first-order valence-electron chi connectivity index (χ1n) is 5.47. The van der Waals surface area contributed by atoms with Crippen LogP contribution in [0, 0.1) is 6.92 Å². The third kappa shape index (κ3) is 4.82. The average Bonchev–Trinajstić information content (AvgIpc) is 2.20. The van der Waals surface area contributed by atoms with Crippen LogP contribution in [0.25, 0.3) is 0 Å². The summed E-state index contributed by atoms with van der Waals surface area (Å²) < 4.78 is 10.4. The fourth-order valence-electron chi connectivity index (χ4n) is 1.21. The SMILES string of the molecule is Cc1ccc(OCCC(=O)OC(C)C)cc1. The van der Waals surface area contributed by atoms with Crippen LogP contribution in [0.5, 0.6) is 5.75 Å². The third-order valence-electron chi connectivity index (χ3n) is 1.96. The summed E-state index contributed by atoms with van der Waals surface area (Å²) in [6, 6.07) is 7.73. The van der Waals surface area contributed by atoms with Gasteiger partial charge in [0.1, 0.15) is 5.75 Å². The average molecular weight is 222 g/mol. The van der Waals surface area contributed by atoms with Crippen molar-refractivity contribution in [1.82, 2.24) is 0 Å². The molecule has 0 radical (unpaired) electrons. The van der Waals surface area contributed by atoms with Crippen LogP contribution < -0.4 is 4.74 Å². The number of ether oxygens (including phenoxy) is 2. The van der Waals surface area contributed by atoms with Crippen molar-refractivity contribution in [3.63, 3.8) is 0 Å². The van der Waals surface area contributed by atoms with Gasteiger partial charge in [-0.2, -0.15) is 0 Å². The van der Waals surface area contributed by atoms with Crippen molar-refractivity contribution in [3.8, 4) is 5.75 Å². The van der Waals surface area contributed by atoms with E-state index in [4.69, 9.17) is 9.47 Å². The Morgan fingerprint density at radius 2 is 1.88 bits per heavy atom. The molecule has 0 saturated heterocycles. The smallest absolute Gasteiger partial charge is 0.309 e. The normalized spacial score (nSPS) is 10.2. The highest BCUT2D eigenvalue weighted by Gasteiger charge is 2.05. The molecule has 3 nitrogen and oxygen atoms in total. The molecule has 1 aromatic rings. The molecule has 1 rings (SSSR count). The van der Waals surface area contributed by atoms with Crippen LogP contribution in [0.4, 0.5) is 0 Å². The summed E-state index contributed by atoms with van der Waals surface area (Å²) in [6.07, 6.45) is 0.221. The number of hydrogen-bond donors (Lipinski definition) is 0. The molecule has 3 heteroatoms. The Balaban J connectivity index is 2.25. The maximum atomic E-state index is 11.2. The van der Waals surface area contributed by atoms with Gasteiger partial charge in [-0.15, -0.1) is 0 Å². The molecule has 0 heterocycles. The van der Waals surface area contributed by atoms with Crippen LogP contribution in [0.2, 0.25) is 0 Å². The fourth-order valence-corrected chi connectivity index (χ4v) is 1.21. The second-order valence-corrected chi connectivity index (χ2v) is 3.95. The first-order valence-corrected chi connectivity index (χ1v) is 5.47. The lowest BCUT2D eigenvalue weighted by Crippen LogP contribution is -2.14. The molecule has 0 atom stereocenters. The number of carbonyl (C=O) groups excluding carboxylic acids is 1. The molecule has 0 aliphatic carbocycles. The van der Waals surface area contributed by atoms with E-state index in [0.29, 0.717) is 6.61 Å². The Morgan fingerprint density at radius 3 is 2.44 bits per heavy atom. The highest BCUT2D eigenvalue weighted by atomic mass is 16.5. The van der Waals surface area contributed by atoms with Crippen molar-refractivity contribution < 1.29 is 14.3 Å². The first kappa shape index (κ1) is 12.6. The lowest BCUT2D eigenvalue weighted by atomic mass is 10.2. The van der Waals surface area contributed by atoms with Crippen LogP contribution in [-0.2, 0) is 9.53 Å². The molecule has 16 heavy (non-hydrogen) atoms. The predicted molar refractivity (Wildman–Crippen MR) is 62.5 cm³/mol. The van der Waals surface area contributed by atoms with Gasteiger partial charge < -0.3 is 9.47 Å². The van der Waals surface area contributed by atoms with E-state index in [1.54, 1.807) is 0 Å². The molecule has 0 saturated carbocycles. The number of hydrogen-bond acceptors (Lipinski definition) is 3. The minimum atomic E-state index is -0.220. The van der Waals surface area contributed by atoms with E-state index in [-0.39, 0.29) is 18.5 Å². The van der Waals surface area contributed by atoms with Gasteiger partial charge in [-0.05, 0) is 32.9 Å². The minimum absolute atomic E-state index is 0.0631. The summed E-state index contributed by atoms with van der Waals surface area (Å²) in [5.74, 6) is 0.560. The van der Waals surface area contributed by atoms with Crippen molar-refractivity contribution in [2.24, 2.45) is 0 Å². The molecule has 0 aliphatic rings. The molecule has 1 aromatic carbocycles. The lowest BCUT2D eigenvalue weighted by Gasteiger charge is -2.09. The first-order chi connectivity index (χ1) is 7.58. The molecular weight excluding hydrogens is 204 g/mol. The maximum absolute atomic E-state index is 11.2. The Bertz CT molecular complexity index is 328. The van der Waals surface area contributed by atoms with E-state index in [2.05, 4.69) is 0 Å². The Labute approximate surface area is 96.4 Å². The standard InChI is InChI=1S/C13H18O3/c1-10(2)16-13(14)8-9-15-12-6-4-11(3)5-7-12/h4-7,10H,8-9H2,1-3H3. The molecule has 0 bridgehead atoms. The van der Waals surface area contributed by atoms with Gasteiger partial charge >= 0.3 is 5.97 Å². The van der Waals surface area contributed by atoms with E-state index in [1.165, 1.54) is 5.56 Å². The van der Waals surface area contributed by atoms with E-state index in [1.807, 2.05) is 45.0 Å². The zero-order chi connectivity index (χ0) is 12.0.